The molecule has 282 valence electrons. The molecule has 7 nitrogen and oxygen atoms in total. The molecule has 1 aromatic rings. The van der Waals surface area contributed by atoms with Crippen molar-refractivity contribution in [2.24, 2.45) is 56.2 Å². The van der Waals surface area contributed by atoms with Gasteiger partial charge in [0, 0.05) is 29.5 Å². The van der Waals surface area contributed by atoms with Crippen LogP contribution in [0.4, 0.5) is 0 Å². The Hall–Kier alpha value is -2.54. The molecule has 2 N–H and O–H groups in total. The van der Waals surface area contributed by atoms with Gasteiger partial charge in [-0.2, -0.15) is 0 Å². The van der Waals surface area contributed by atoms with Crippen LogP contribution in [0.1, 0.15) is 152 Å². The van der Waals surface area contributed by atoms with Crippen molar-refractivity contribution in [1.82, 2.24) is 10.3 Å². The van der Waals surface area contributed by atoms with Crippen LogP contribution in [0.3, 0.4) is 0 Å². The number of ketones is 1. The molecule has 6 rings (SSSR count). The van der Waals surface area contributed by atoms with E-state index in [0.29, 0.717) is 30.0 Å². The molecule has 5 aliphatic rings. The quantitative estimate of drug-likeness (QED) is 0.234. The number of rotatable bonds is 10. The highest BCUT2D eigenvalue weighted by atomic mass is 16.5. The van der Waals surface area contributed by atoms with Crippen LogP contribution in [-0.2, 0) is 19.1 Å². The van der Waals surface area contributed by atoms with Crippen molar-refractivity contribution in [2.45, 2.75) is 152 Å². The summed E-state index contributed by atoms with van der Waals surface area (Å²) in [5, 5.41) is 13.4. The van der Waals surface area contributed by atoms with E-state index < -0.39 is 17.4 Å². The van der Waals surface area contributed by atoms with Crippen molar-refractivity contribution >= 4 is 17.7 Å². The topological polar surface area (TPSA) is 106 Å². The molecule has 1 heterocycles. The Morgan fingerprint density at radius 3 is 2.33 bits per heavy atom. The second-order valence-electron chi connectivity index (χ2n) is 19.9. The maximum atomic E-state index is 14.0. The molecule has 0 aliphatic heterocycles. The third-order valence-electron chi connectivity index (χ3n) is 16.1. The van der Waals surface area contributed by atoms with Crippen LogP contribution in [0, 0.1) is 56.2 Å². The Morgan fingerprint density at radius 1 is 0.961 bits per heavy atom. The molecule has 0 saturated heterocycles. The minimum absolute atomic E-state index is 0.0544. The number of esters is 1. The van der Waals surface area contributed by atoms with Crippen LogP contribution in [0.25, 0.3) is 0 Å². The number of allylic oxidation sites excluding steroid dienone is 2. The maximum absolute atomic E-state index is 14.0. The summed E-state index contributed by atoms with van der Waals surface area (Å²) in [4.78, 5) is 43.4. The number of carbonyl (C=O) groups excluding carboxylic acids is 2. The average Bonchev–Trinajstić information content (AvgIpc) is 3.35. The van der Waals surface area contributed by atoms with E-state index >= 15 is 0 Å². The highest BCUT2D eigenvalue weighted by Gasteiger charge is 2.70. The van der Waals surface area contributed by atoms with Gasteiger partial charge in [0.2, 0.25) is 0 Å². The number of hydrogen-bond donors (Lipinski definition) is 2. The van der Waals surface area contributed by atoms with Crippen molar-refractivity contribution in [3.63, 3.8) is 0 Å². The van der Waals surface area contributed by atoms with E-state index in [4.69, 9.17) is 4.74 Å². The first-order chi connectivity index (χ1) is 23.7. The fraction of sp³-hybridized carbons (Fsp3) is 0.773. The van der Waals surface area contributed by atoms with E-state index in [9.17, 15) is 19.5 Å². The van der Waals surface area contributed by atoms with Crippen molar-refractivity contribution < 1.29 is 24.2 Å². The summed E-state index contributed by atoms with van der Waals surface area (Å²) in [6.45, 7) is 23.1. The summed E-state index contributed by atoms with van der Waals surface area (Å²) in [5.41, 5.74) is 2.71. The maximum Gasteiger partial charge on any atom is 0.309 e. The Kier molecular flexibility index (Phi) is 9.80. The Morgan fingerprint density at radius 2 is 1.69 bits per heavy atom. The molecule has 4 saturated carbocycles. The van der Waals surface area contributed by atoms with E-state index in [1.54, 1.807) is 13.8 Å². The van der Waals surface area contributed by atoms with E-state index in [2.05, 4.69) is 71.8 Å². The standard InChI is InChI=1S/C44H66N2O5/c1-27(2)36-31(47)25-44(22-24-45-28(3)30-13-11-12-23-46-30)21-20-42(9)29(37(36)44)14-15-33-41(8)18-17-34(51-35(48)26-39(4,5)38(49)50)40(6,7)32(41)16-19-43(33,42)10/h11-13,23,27-29,32-34,45H,14-22,24-26H2,1-10H3,(H,49,50)/t28-,29-,32+,33-,34+,41+,42-,43-,44?/m1/s1. The minimum Gasteiger partial charge on any atom is -0.481 e. The van der Waals surface area contributed by atoms with Gasteiger partial charge in [0.1, 0.15) is 6.10 Å². The summed E-state index contributed by atoms with van der Waals surface area (Å²) in [6.07, 6.45) is 11.8. The normalized spacial score (nSPS) is 38.0. The van der Waals surface area contributed by atoms with Gasteiger partial charge in [-0.1, -0.05) is 60.1 Å². The molecule has 9 atom stereocenters. The molecule has 0 bridgehead atoms. The molecule has 4 fully saturated rings. The summed E-state index contributed by atoms with van der Waals surface area (Å²) >= 11 is 0. The number of nitrogens with one attached hydrogen (secondary N) is 1. The fourth-order valence-electron chi connectivity index (χ4n) is 13.1. The van der Waals surface area contributed by atoms with Gasteiger partial charge in [0.15, 0.2) is 5.78 Å². The number of carbonyl (C=O) groups is 3. The summed E-state index contributed by atoms with van der Waals surface area (Å²) in [5.74, 6) is 0.645. The Bertz CT molecular complexity index is 1560. The smallest absolute Gasteiger partial charge is 0.309 e. The predicted octanol–water partition coefficient (Wildman–Crippen LogP) is 9.52. The number of aromatic nitrogens is 1. The van der Waals surface area contributed by atoms with E-state index in [-0.39, 0.29) is 51.6 Å². The zero-order valence-electron chi connectivity index (χ0n) is 33.3. The summed E-state index contributed by atoms with van der Waals surface area (Å²) in [6, 6.07) is 6.25. The van der Waals surface area contributed by atoms with Gasteiger partial charge in [-0.05, 0) is 143 Å². The van der Waals surface area contributed by atoms with Crippen molar-refractivity contribution in [1.29, 1.82) is 0 Å². The van der Waals surface area contributed by atoms with E-state index in [1.807, 2.05) is 18.3 Å². The predicted molar refractivity (Wildman–Crippen MR) is 201 cm³/mol. The highest BCUT2D eigenvalue weighted by molar-refractivity contribution is 6.00. The van der Waals surface area contributed by atoms with Gasteiger partial charge in [0.25, 0.3) is 0 Å². The molecular weight excluding hydrogens is 636 g/mol. The lowest BCUT2D eigenvalue weighted by Crippen LogP contribution is -2.65. The van der Waals surface area contributed by atoms with Crippen LogP contribution < -0.4 is 5.32 Å². The third kappa shape index (κ3) is 6.04. The number of carboxylic acid groups (broad SMARTS) is 1. The third-order valence-corrected chi connectivity index (χ3v) is 16.1. The van der Waals surface area contributed by atoms with Crippen LogP contribution in [0.5, 0.6) is 0 Å². The van der Waals surface area contributed by atoms with Gasteiger partial charge in [-0.15, -0.1) is 0 Å². The molecule has 1 unspecified atom stereocenters. The number of hydrogen-bond acceptors (Lipinski definition) is 6. The van der Waals surface area contributed by atoms with Crippen molar-refractivity contribution in [3.05, 3.63) is 41.2 Å². The summed E-state index contributed by atoms with van der Waals surface area (Å²) in [7, 11) is 0. The van der Waals surface area contributed by atoms with Crippen molar-refractivity contribution in [2.75, 3.05) is 6.54 Å². The lowest BCUT2D eigenvalue weighted by molar-refractivity contribution is -0.233. The Balaban J connectivity index is 1.25. The fourth-order valence-corrected chi connectivity index (χ4v) is 13.1. The number of nitrogens with zero attached hydrogens (tertiary/aromatic N) is 1. The molecule has 0 amide bonds. The number of Topliss-reactive ketones (excluding diaryl/α,β-unsaturated/α-hetero) is 1. The van der Waals surface area contributed by atoms with Crippen LogP contribution in [0.2, 0.25) is 0 Å². The molecule has 0 spiro atoms. The zero-order valence-corrected chi connectivity index (χ0v) is 33.3. The number of pyridine rings is 1. The molecule has 51 heavy (non-hydrogen) atoms. The SMILES string of the molecule is CC(C)C1=C2[C@H]3CC[C@@H]4[C@@]5(C)CC[C@H](OC(=O)CC(C)(C)C(=O)O)C(C)(C)[C@@H]5CC[C@@]4(C)[C@]3(C)CCC2(CCN[C@H](C)c2ccccn2)CC1=O. The van der Waals surface area contributed by atoms with Gasteiger partial charge in [-0.25, -0.2) is 0 Å². The van der Waals surface area contributed by atoms with Gasteiger partial charge in [0.05, 0.1) is 17.5 Å². The van der Waals surface area contributed by atoms with Crippen LogP contribution in [-0.4, -0.2) is 40.5 Å². The molecule has 0 radical (unpaired) electrons. The largest absolute Gasteiger partial charge is 0.481 e. The second-order valence-corrected chi connectivity index (χ2v) is 19.9. The number of fused-ring (bicyclic) bond motifs is 7. The first-order valence-electron chi connectivity index (χ1n) is 20.1. The first kappa shape index (κ1) is 38.2. The molecule has 0 aromatic carbocycles. The van der Waals surface area contributed by atoms with Gasteiger partial charge >= 0.3 is 11.9 Å². The molecular formula is C44H66N2O5. The van der Waals surface area contributed by atoms with Gasteiger partial charge in [-0.3, -0.25) is 19.4 Å². The van der Waals surface area contributed by atoms with Crippen molar-refractivity contribution in [3.8, 4) is 0 Å². The first-order valence-corrected chi connectivity index (χ1v) is 20.1. The lowest BCUT2D eigenvalue weighted by Gasteiger charge is -2.72. The molecule has 5 aliphatic carbocycles. The number of carboxylic acids is 1. The van der Waals surface area contributed by atoms with Gasteiger partial charge < -0.3 is 15.2 Å². The average molecular weight is 703 g/mol. The summed E-state index contributed by atoms with van der Waals surface area (Å²) < 4.78 is 6.18. The molecule has 1 aromatic heterocycles. The zero-order chi connectivity index (χ0) is 37.4. The minimum atomic E-state index is -1.15. The van der Waals surface area contributed by atoms with E-state index in [1.165, 1.54) is 12.0 Å². The van der Waals surface area contributed by atoms with Crippen LogP contribution in [0.15, 0.2) is 35.5 Å². The highest BCUT2D eigenvalue weighted by Crippen LogP contribution is 2.77. The lowest BCUT2D eigenvalue weighted by atomic mass is 9.33. The second kappa shape index (κ2) is 13.1. The van der Waals surface area contributed by atoms with E-state index in [0.717, 1.165) is 69.2 Å². The number of ether oxygens (including phenoxy) is 1. The number of aliphatic carboxylic acids is 1. The Labute approximate surface area is 307 Å². The monoisotopic (exact) mass is 702 g/mol. The van der Waals surface area contributed by atoms with Crippen LogP contribution >= 0.6 is 0 Å². The molecule has 7 heteroatoms.